The second kappa shape index (κ2) is 5.46. The molecule has 1 aromatic heterocycles. The van der Waals surface area contributed by atoms with E-state index in [4.69, 9.17) is 17.0 Å². The zero-order valence-electron chi connectivity index (χ0n) is 11.9. The number of likely N-dealkylation sites (N-methyl/N-ethyl adjacent to an activating group) is 1. The molecule has 0 spiro atoms. The van der Waals surface area contributed by atoms with Crippen LogP contribution >= 0.6 is 12.2 Å². The van der Waals surface area contributed by atoms with Crippen LogP contribution in [0, 0.1) is 4.77 Å². The van der Waals surface area contributed by atoms with Gasteiger partial charge >= 0.3 is 0 Å². The smallest absolute Gasteiger partial charge is 0.197 e. The number of imidazole rings is 1. The Morgan fingerprint density at radius 3 is 2.70 bits per heavy atom. The van der Waals surface area contributed by atoms with Crippen molar-refractivity contribution in [3.63, 3.8) is 0 Å². The minimum Gasteiger partial charge on any atom is -0.492 e. The predicted molar refractivity (Wildman–Crippen MR) is 83.7 cm³/mol. The van der Waals surface area contributed by atoms with Gasteiger partial charge < -0.3 is 19.6 Å². The van der Waals surface area contributed by atoms with E-state index < -0.39 is 0 Å². The van der Waals surface area contributed by atoms with Crippen LogP contribution in [0.1, 0.15) is 6.92 Å². The van der Waals surface area contributed by atoms with Gasteiger partial charge in [0.05, 0.1) is 12.1 Å². The van der Waals surface area contributed by atoms with Crippen molar-refractivity contribution in [2.45, 2.75) is 6.92 Å². The van der Waals surface area contributed by atoms with Crippen molar-refractivity contribution >= 4 is 23.3 Å². The fourth-order valence-corrected chi connectivity index (χ4v) is 2.96. The average molecular weight is 292 g/mol. The summed E-state index contributed by atoms with van der Waals surface area (Å²) in [5.74, 6) is 0.865. The molecule has 0 unspecified atom stereocenters. The van der Waals surface area contributed by atoms with Gasteiger partial charge in [0.15, 0.2) is 4.77 Å². The Hall–Kier alpha value is -1.53. The first-order chi connectivity index (χ1) is 9.70. The Labute approximate surface area is 123 Å². The van der Waals surface area contributed by atoms with Crippen LogP contribution in [0.15, 0.2) is 18.2 Å². The molecule has 0 bridgehead atoms. The summed E-state index contributed by atoms with van der Waals surface area (Å²) in [4.78, 5) is 5.62. The van der Waals surface area contributed by atoms with Crippen molar-refractivity contribution in [2.75, 3.05) is 44.8 Å². The van der Waals surface area contributed by atoms with Crippen molar-refractivity contribution in [1.29, 1.82) is 0 Å². The van der Waals surface area contributed by atoms with Gasteiger partial charge in [-0.25, -0.2) is 4.68 Å². The Morgan fingerprint density at radius 2 is 2.00 bits per heavy atom. The van der Waals surface area contributed by atoms with E-state index in [1.807, 2.05) is 19.1 Å². The molecule has 1 fully saturated rings. The number of hydrogen-bond acceptors (Lipinski definition) is 4. The zero-order chi connectivity index (χ0) is 14.1. The highest BCUT2D eigenvalue weighted by Gasteiger charge is 2.18. The number of ether oxygens (including phenoxy) is 1. The maximum atomic E-state index is 5.67. The summed E-state index contributed by atoms with van der Waals surface area (Å²) in [6.07, 6.45) is 0. The summed E-state index contributed by atoms with van der Waals surface area (Å²) in [5.41, 5.74) is 2.07. The van der Waals surface area contributed by atoms with Gasteiger partial charge in [0, 0.05) is 26.2 Å². The van der Waals surface area contributed by atoms with Crippen LogP contribution in [0.2, 0.25) is 0 Å². The summed E-state index contributed by atoms with van der Waals surface area (Å²) in [7, 11) is 2.15. The highest BCUT2D eigenvalue weighted by Crippen LogP contribution is 2.25. The molecule has 2 heterocycles. The lowest BCUT2D eigenvalue weighted by Gasteiger charge is -2.34. The van der Waals surface area contributed by atoms with Gasteiger partial charge in [-0.3, -0.25) is 0 Å². The van der Waals surface area contributed by atoms with Crippen LogP contribution in [0.3, 0.4) is 0 Å². The van der Waals surface area contributed by atoms with Crippen LogP contribution in [-0.2, 0) is 0 Å². The number of nitrogens with zero attached hydrogens (tertiary/aromatic N) is 3. The number of benzene rings is 1. The lowest BCUT2D eigenvalue weighted by Crippen LogP contribution is -2.49. The quantitative estimate of drug-likeness (QED) is 0.878. The van der Waals surface area contributed by atoms with E-state index in [0.29, 0.717) is 6.61 Å². The van der Waals surface area contributed by atoms with Crippen molar-refractivity contribution in [3.05, 3.63) is 23.0 Å². The predicted octanol–water partition coefficient (Wildman–Crippen LogP) is 1.98. The lowest BCUT2D eigenvalue weighted by atomic mass is 10.3. The SMILES string of the molecule is CCOc1cccc2c1[nH]c(=S)n2N1CCN(C)CC1. The standard InChI is InChI=1S/C14H20N4OS/c1-3-19-12-6-4-5-11-13(12)15-14(20)18(11)17-9-7-16(2)8-10-17/h4-6H,3,7-10H2,1-2H3,(H,15,20). The molecule has 0 atom stereocenters. The Kier molecular flexibility index (Phi) is 3.67. The number of fused-ring (bicyclic) bond motifs is 1. The highest BCUT2D eigenvalue weighted by molar-refractivity contribution is 7.71. The van der Waals surface area contributed by atoms with Crippen LogP contribution in [0.25, 0.3) is 11.0 Å². The molecule has 3 rings (SSSR count). The summed E-state index contributed by atoms with van der Waals surface area (Å²) in [5, 5.41) is 2.30. The topological polar surface area (TPSA) is 36.4 Å². The summed E-state index contributed by atoms with van der Waals surface area (Å²) < 4.78 is 8.52. The molecule has 1 aliphatic rings. The molecule has 1 N–H and O–H groups in total. The Balaban J connectivity index is 2.05. The fraction of sp³-hybridized carbons (Fsp3) is 0.500. The summed E-state index contributed by atoms with van der Waals surface area (Å²) in [6, 6.07) is 6.08. The monoisotopic (exact) mass is 292 g/mol. The van der Waals surface area contributed by atoms with Gasteiger partial charge in [-0.1, -0.05) is 6.07 Å². The third-order valence-corrected chi connectivity index (χ3v) is 3.99. The van der Waals surface area contributed by atoms with E-state index in [0.717, 1.165) is 47.7 Å². The van der Waals surface area contributed by atoms with Crippen LogP contribution in [-0.4, -0.2) is 54.4 Å². The fourth-order valence-electron chi connectivity index (χ4n) is 2.64. The van der Waals surface area contributed by atoms with E-state index >= 15 is 0 Å². The zero-order valence-corrected chi connectivity index (χ0v) is 12.7. The van der Waals surface area contributed by atoms with E-state index in [-0.39, 0.29) is 0 Å². The van der Waals surface area contributed by atoms with Gasteiger partial charge in [0.25, 0.3) is 0 Å². The van der Waals surface area contributed by atoms with E-state index in [1.54, 1.807) is 0 Å². The second-order valence-corrected chi connectivity index (χ2v) is 5.47. The number of para-hydroxylation sites is 1. The Bertz CT molecular complexity index is 655. The van der Waals surface area contributed by atoms with E-state index in [1.165, 1.54) is 0 Å². The largest absolute Gasteiger partial charge is 0.492 e. The van der Waals surface area contributed by atoms with Crippen molar-refractivity contribution < 1.29 is 4.74 Å². The molecule has 5 nitrogen and oxygen atoms in total. The van der Waals surface area contributed by atoms with Crippen LogP contribution in [0.5, 0.6) is 5.75 Å². The van der Waals surface area contributed by atoms with Crippen molar-refractivity contribution in [2.24, 2.45) is 0 Å². The molecule has 108 valence electrons. The molecule has 1 aliphatic heterocycles. The molecule has 0 amide bonds. The van der Waals surface area contributed by atoms with Gasteiger partial charge in [-0.15, -0.1) is 0 Å². The minimum absolute atomic E-state index is 0.652. The molecule has 6 heteroatoms. The number of nitrogens with one attached hydrogen (secondary N) is 1. The molecular weight excluding hydrogens is 272 g/mol. The number of H-pyrrole nitrogens is 1. The maximum absolute atomic E-state index is 5.67. The van der Waals surface area contributed by atoms with E-state index in [9.17, 15) is 0 Å². The first kappa shape index (κ1) is 13.5. The van der Waals surface area contributed by atoms with E-state index in [2.05, 4.69) is 32.7 Å². The average Bonchev–Trinajstić information content (AvgIpc) is 2.78. The molecule has 0 radical (unpaired) electrons. The van der Waals surface area contributed by atoms with Gasteiger partial charge in [-0.05, 0) is 38.3 Å². The molecule has 1 aromatic carbocycles. The molecule has 0 aliphatic carbocycles. The third kappa shape index (κ3) is 2.29. The number of rotatable bonds is 3. The normalized spacial score (nSPS) is 16.8. The van der Waals surface area contributed by atoms with Gasteiger partial charge in [0.2, 0.25) is 0 Å². The molecule has 20 heavy (non-hydrogen) atoms. The molecule has 2 aromatic rings. The number of aromatic nitrogens is 2. The van der Waals surface area contributed by atoms with Gasteiger partial charge in [-0.2, -0.15) is 0 Å². The van der Waals surface area contributed by atoms with Crippen LogP contribution in [0.4, 0.5) is 0 Å². The molecule has 1 saturated heterocycles. The number of piperazine rings is 1. The maximum Gasteiger partial charge on any atom is 0.197 e. The van der Waals surface area contributed by atoms with Crippen LogP contribution < -0.4 is 9.75 Å². The first-order valence-electron chi connectivity index (χ1n) is 7.01. The van der Waals surface area contributed by atoms with Gasteiger partial charge in [0.1, 0.15) is 11.3 Å². The van der Waals surface area contributed by atoms with Crippen molar-refractivity contribution in [3.8, 4) is 5.75 Å². The minimum atomic E-state index is 0.652. The summed E-state index contributed by atoms with van der Waals surface area (Å²) in [6.45, 7) is 6.72. The second-order valence-electron chi connectivity index (χ2n) is 5.08. The number of aromatic amines is 1. The number of hydrogen-bond donors (Lipinski definition) is 1. The lowest BCUT2D eigenvalue weighted by molar-refractivity contribution is 0.288. The third-order valence-electron chi connectivity index (χ3n) is 3.72. The van der Waals surface area contributed by atoms with Crippen molar-refractivity contribution in [1.82, 2.24) is 14.6 Å². The molecule has 0 saturated carbocycles. The summed E-state index contributed by atoms with van der Waals surface area (Å²) >= 11 is 5.50. The molecular formula is C14H20N4OS. The first-order valence-corrected chi connectivity index (χ1v) is 7.42. The highest BCUT2D eigenvalue weighted by atomic mass is 32.1. The Morgan fingerprint density at radius 1 is 1.25 bits per heavy atom.